The van der Waals surface area contributed by atoms with E-state index in [1.54, 1.807) is 57.2 Å². The zero-order valence-electron chi connectivity index (χ0n) is 25.8. The van der Waals surface area contributed by atoms with Gasteiger partial charge in [-0.1, -0.05) is 46.4 Å². The van der Waals surface area contributed by atoms with Crippen molar-refractivity contribution in [1.29, 1.82) is 0 Å². The molecule has 0 N–H and O–H groups in total. The summed E-state index contributed by atoms with van der Waals surface area (Å²) < 4.78 is 39.5. The fourth-order valence-corrected chi connectivity index (χ4v) is 5.41. The molecular weight excluding hydrogens is 781 g/mol. The second-order valence-electron chi connectivity index (χ2n) is 9.61. The summed E-state index contributed by atoms with van der Waals surface area (Å²) in [4.78, 5) is 17.1. The van der Waals surface area contributed by atoms with Gasteiger partial charge >= 0.3 is 8.26 Å². The van der Waals surface area contributed by atoms with Gasteiger partial charge < -0.3 is 18.9 Å². The Balaban J connectivity index is 0.000000195. The van der Waals surface area contributed by atoms with Crippen LogP contribution >= 0.6 is 67.8 Å². The van der Waals surface area contributed by atoms with Crippen LogP contribution in [0, 0.1) is 0 Å². The Bertz CT molecular complexity index is 2190. The molecule has 4 aromatic heterocycles. The van der Waals surface area contributed by atoms with Gasteiger partial charge in [-0.3, -0.25) is 9.97 Å². The topological polar surface area (TPSA) is 123 Å². The van der Waals surface area contributed by atoms with E-state index < -0.39 is 8.26 Å². The molecule has 0 aliphatic carbocycles. The van der Waals surface area contributed by atoms with Gasteiger partial charge in [0.25, 0.3) is 0 Å². The Labute approximate surface area is 310 Å². The van der Waals surface area contributed by atoms with Gasteiger partial charge in [0.2, 0.25) is 0 Å². The Kier molecular flexibility index (Phi) is 13.2. The molecule has 0 bridgehead atoms. The Morgan fingerprint density at radius 1 is 0.510 bits per heavy atom. The van der Waals surface area contributed by atoms with E-state index in [-0.39, 0.29) is 0 Å². The van der Waals surface area contributed by atoms with Crippen molar-refractivity contribution in [3.8, 4) is 45.5 Å². The SMILES string of the molecule is COc1cc(OC)c(Cl)c(-c2cc3cnc(Cl)cc3cn2)c1Cl.COc1cc(OC)cc(-c2cc3cnc(Cl)cc3cn2)c1.O=S(=O)(Cl)Cl. The summed E-state index contributed by atoms with van der Waals surface area (Å²) in [5, 5.41) is 5.27. The van der Waals surface area contributed by atoms with E-state index in [0.717, 1.165) is 44.3 Å². The maximum atomic E-state index is 9.16. The van der Waals surface area contributed by atoms with Gasteiger partial charge in [0.05, 0.1) is 49.9 Å². The van der Waals surface area contributed by atoms with Crippen molar-refractivity contribution in [2.75, 3.05) is 28.4 Å². The first kappa shape index (κ1) is 38.3. The van der Waals surface area contributed by atoms with Gasteiger partial charge in [0.15, 0.2) is 0 Å². The molecule has 0 saturated carbocycles. The number of fused-ring (bicyclic) bond motifs is 2. The normalized spacial score (nSPS) is 10.8. The predicted molar refractivity (Wildman–Crippen MR) is 197 cm³/mol. The molecule has 0 aliphatic heterocycles. The van der Waals surface area contributed by atoms with Crippen molar-refractivity contribution >= 4 is 97.6 Å². The fraction of sp³-hybridized carbons (Fsp3) is 0.125. The maximum absolute atomic E-state index is 9.16. The highest BCUT2D eigenvalue weighted by Crippen LogP contribution is 2.45. The van der Waals surface area contributed by atoms with Crippen molar-refractivity contribution in [3.05, 3.63) is 93.7 Å². The number of ether oxygens (including phenoxy) is 4. The van der Waals surface area contributed by atoms with Gasteiger partial charge in [-0.25, -0.2) is 9.97 Å². The van der Waals surface area contributed by atoms with Crippen LogP contribution in [-0.4, -0.2) is 56.8 Å². The van der Waals surface area contributed by atoms with Gasteiger partial charge in [-0.2, -0.15) is 8.42 Å². The first-order chi connectivity index (χ1) is 23.2. The molecule has 0 fully saturated rings. The van der Waals surface area contributed by atoms with Crippen molar-refractivity contribution in [3.63, 3.8) is 0 Å². The molecule has 256 valence electrons. The van der Waals surface area contributed by atoms with E-state index in [9.17, 15) is 0 Å². The number of hydrogen-bond acceptors (Lipinski definition) is 10. The van der Waals surface area contributed by atoms with Gasteiger partial charge in [-0.15, -0.1) is 0 Å². The number of aromatic nitrogens is 4. The molecule has 0 radical (unpaired) electrons. The lowest BCUT2D eigenvalue weighted by Gasteiger charge is -2.14. The summed E-state index contributed by atoms with van der Waals surface area (Å²) >= 11 is 24.6. The lowest BCUT2D eigenvalue weighted by molar-refractivity contribution is 0.394. The van der Waals surface area contributed by atoms with Crippen molar-refractivity contribution < 1.29 is 27.4 Å². The van der Waals surface area contributed by atoms with Crippen LogP contribution in [0.1, 0.15) is 0 Å². The largest absolute Gasteiger partial charge is 0.497 e. The van der Waals surface area contributed by atoms with E-state index in [4.69, 9.17) is 73.8 Å². The van der Waals surface area contributed by atoms with Crippen LogP contribution in [-0.2, 0) is 8.26 Å². The van der Waals surface area contributed by atoms with Crippen LogP contribution in [0.3, 0.4) is 0 Å². The van der Waals surface area contributed by atoms with Crippen LogP contribution in [0.15, 0.2) is 73.3 Å². The number of rotatable bonds is 6. The fourth-order valence-electron chi connectivity index (χ4n) is 4.38. The van der Waals surface area contributed by atoms with Crippen LogP contribution in [0.25, 0.3) is 44.1 Å². The molecule has 0 amide bonds. The van der Waals surface area contributed by atoms with E-state index in [1.165, 1.54) is 14.2 Å². The number of methoxy groups -OCH3 is 4. The monoisotopic (exact) mass is 802 g/mol. The summed E-state index contributed by atoms with van der Waals surface area (Å²) in [6.07, 6.45) is 6.88. The predicted octanol–water partition coefficient (Wildman–Crippen LogP) is 9.95. The summed E-state index contributed by atoms with van der Waals surface area (Å²) in [7, 11) is 11.1. The number of pyridine rings is 4. The van der Waals surface area contributed by atoms with E-state index in [1.807, 2.05) is 30.3 Å². The Morgan fingerprint density at radius 2 is 0.898 bits per heavy atom. The molecule has 2 aromatic carbocycles. The molecule has 49 heavy (non-hydrogen) atoms. The minimum absolute atomic E-state index is 0.368. The molecule has 17 heteroatoms. The summed E-state index contributed by atoms with van der Waals surface area (Å²) in [5.74, 6) is 2.36. The third kappa shape index (κ3) is 10.2. The molecule has 0 unspecified atom stereocenters. The van der Waals surface area contributed by atoms with E-state index in [0.29, 0.717) is 43.1 Å². The van der Waals surface area contributed by atoms with Crippen molar-refractivity contribution in [1.82, 2.24) is 19.9 Å². The zero-order chi connectivity index (χ0) is 35.9. The van der Waals surface area contributed by atoms with Gasteiger partial charge in [0.1, 0.15) is 33.3 Å². The molecule has 4 heterocycles. The number of halogens is 6. The Morgan fingerprint density at radius 3 is 1.33 bits per heavy atom. The molecule has 0 spiro atoms. The smallest absolute Gasteiger partial charge is 0.317 e. The molecule has 0 saturated heterocycles. The van der Waals surface area contributed by atoms with Gasteiger partial charge in [-0.05, 0) is 36.4 Å². The van der Waals surface area contributed by atoms with Crippen LogP contribution in [0.2, 0.25) is 20.4 Å². The maximum Gasteiger partial charge on any atom is 0.317 e. The quantitative estimate of drug-likeness (QED) is 0.119. The van der Waals surface area contributed by atoms with Crippen LogP contribution in [0.5, 0.6) is 23.0 Å². The lowest BCUT2D eigenvalue weighted by Crippen LogP contribution is -1.94. The molecule has 0 atom stereocenters. The summed E-state index contributed by atoms with van der Waals surface area (Å²) in [6.45, 7) is 0. The second-order valence-corrected chi connectivity index (χ2v) is 14.8. The summed E-state index contributed by atoms with van der Waals surface area (Å²) in [5.41, 5.74) is 2.88. The van der Waals surface area contributed by atoms with Crippen molar-refractivity contribution in [2.45, 2.75) is 0 Å². The average molecular weight is 805 g/mol. The molecule has 0 aliphatic rings. The first-order valence-corrected chi connectivity index (χ1v) is 18.2. The number of hydrogen-bond donors (Lipinski definition) is 0. The third-order valence-electron chi connectivity index (χ3n) is 6.62. The first-order valence-electron chi connectivity index (χ1n) is 13.5. The number of benzene rings is 2. The molecule has 6 rings (SSSR count). The van der Waals surface area contributed by atoms with Crippen LogP contribution in [0.4, 0.5) is 0 Å². The van der Waals surface area contributed by atoms with Gasteiger partial charge in [0, 0.05) is 91.0 Å². The van der Waals surface area contributed by atoms with Crippen molar-refractivity contribution in [2.24, 2.45) is 0 Å². The molecular formula is C32H24Cl6N4O6S. The zero-order valence-corrected chi connectivity index (χ0v) is 31.2. The second kappa shape index (κ2) is 16.9. The lowest BCUT2D eigenvalue weighted by atomic mass is 10.1. The highest BCUT2D eigenvalue weighted by Gasteiger charge is 2.20. The highest BCUT2D eigenvalue weighted by molar-refractivity contribution is 8.31. The standard InChI is InChI=1S/C16H11Cl3N2O2.C16H13ClN2O2.Cl2O2S/c1-22-11-5-12(23-2)16(19)14(15(11)18)10-3-8-7-21-13(17)4-9(8)6-20-10;1-20-13-3-10(4-14(7-13)21-2)15-5-11-9-19-16(17)6-12(11)8-18-15;1-5(2,3)4/h3-7H,1-2H3;3-9H,1-2H3;. The minimum atomic E-state index is -3.72. The molecule has 6 aromatic rings. The van der Waals surface area contributed by atoms with E-state index >= 15 is 0 Å². The minimum Gasteiger partial charge on any atom is -0.497 e. The summed E-state index contributed by atoms with van der Waals surface area (Å²) in [6, 6.07) is 14.6. The highest BCUT2D eigenvalue weighted by atomic mass is 36.0. The van der Waals surface area contributed by atoms with E-state index in [2.05, 4.69) is 41.3 Å². The van der Waals surface area contributed by atoms with Crippen LogP contribution < -0.4 is 18.9 Å². The molecule has 10 nitrogen and oxygen atoms in total. The average Bonchev–Trinajstić information content (AvgIpc) is 3.07. The Hall–Kier alpha value is -3.55. The number of nitrogens with zero attached hydrogens (tertiary/aromatic N) is 4. The third-order valence-corrected chi connectivity index (χ3v) is 7.78.